The van der Waals surface area contributed by atoms with Crippen LogP contribution in [0, 0.1) is 6.92 Å². The zero-order chi connectivity index (χ0) is 35.6. The van der Waals surface area contributed by atoms with Gasteiger partial charge in [-0.1, -0.05) is 19.4 Å². The van der Waals surface area contributed by atoms with E-state index < -0.39 is 29.5 Å². The standard InChI is InChI=1S/C33H36F3N9O5/c1-3-24-27(42-14-16-43(17-15-42)30(48)26-28(47)20(2)37-19-38-26)31(49)45-32(40-29(41-45)21-8-6-4-5-7-9-21)44(24)18-25(46)39-22-10-12-23(13-11-22)50-33(34,35)36/h8,10-13,19,47H,3-7,9,14-18H2,1-2H3,(H,39,46). The van der Waals surface area contributed by atoms with Crippen LogP contribution in [0.5, 0.6) is 11.5 Å². The summed E-state index contributed by atoms with van der Waals surface area (Å²) in [5, 5.41) is 17.7. The number of allylic oxidation sites excluding steroid dienone is 2. The number of ether oxygens (including phenoxy) is 1. The molecule has 0 atom stereocenters. The molecule has 0 unspecified atom stereocenters. The first-order chi connectivity index (χ1) is 23.9. The summed E-state index contributed by atoms with van der Waals surface area (Å²) in [6, 6.07) is 4.78. The highest BCUT2D eigenvalue weighted by Gasteiger charge is 2.32. The lowest BCUT2D eigenvalue weighted by atomic mass is 10.1. The molecule has 14 nitrogen and oxygen atoms in total. The molecule has 1 fully saturated rings. The Morgan fingerprint density at radius 1 is 1.04 bits per heavy atom. The van der Waals surface area contributed by atoms with Crippen molar-refractivity contribution in [1.29, 1.82) is 0 Å². The van der Waals surface area contributed by atoms with Gasteiger partial charge in [-0.3, -0.25) is 14.4 Å². The van der Waals surface area contributed by atoms with Crippen LogP contribution in [-0.4, -0.2) is 83.5 Å². The Morgan fingerprint density at radius 2 is 1.78 bits per heavy atom. The number of nitrogens with one attached hydrogen (secondary N) is 1. The molecule has 4 aromatic rings. The van der Waals surface area contributed by atoms with E-state index in [1.807, 2.05) is 11.8 Å². The molecule has 6 rings (SSSR count). The number of alkyl halides is 3. The maximum atomic E-state index is 14.2. The Balaban J connectivity index is 1.32. The topological polar surface area (TPSA) is 160 Å². The van der Waals surface area contributed by atoms with Gasteiger partial charge in [-0.2, -0.15) is 9.50 Å². The van der Waals surface area contributed by atoms with E-state index in [1.165, 1.54) is 23.0 Å². The first kappa shape index (κ1) is 34.4. The SMILES string of the molecule is CCc1c(N2CCN(C(=O)c3ncnc(C)c3O)CC2)c(=O)n2nc(C3=CCCCCC3)nc2n1CC(=O)Nc1ccc(OC(F)(F)F)cc1. The van der Waals surface area contributed by atoms with Crippen LogP contribution in [0.3, 0.4) is 0 Å². The van der Waals surface area contributed by atoms with Crippen molar-refractivity contribution >= 4 is 34.5 Å². The van der Waals surface area contributed by atoms with Crippen molar-refractivity contribution in [2.45, 2.75) is 65.3 Å². The van der Waals surface area contributed by atoms with Crippen LogP contribution in [0.25, 0.3) is 11.4 Å². The molecule has 1 aliphatic heterocycles. The third kappa shape index (κ3) is 7.25. The number of hydrogen-bond donors (Lipinski definition) is 2. The summed E-state index contributed by atoms with van der Waals surface area (Å²) in [5.74, 6) is -1.07. The Morgan fingerprint density at radius 3 is 2.48 bits per heavy atom. The maximum absolute atomic E-state index is 14.2. The number of carbonyl (C=O) groups excluding carboxylic acids is 2. The average molecular weight is 696 g/mol. The lowest BCUT2D eigenvalue weighted by Gasteiger charge is -2.36. The molecule has 0 radical (unpaired) electrons. The lowest BCUT2D eigenvalue weighted by Crippen LogP contribution is -2.51. The molecule has 2 aliphatic rings. The van der Waals surface area contributed by atoms with Crippen LogP contribution in [0.2, 0.25) is 0 Å². The number of halogens is 3. The van der Waals surface area contributed by atoms with E-state index in [9.17, 15) is 32.7 Å². The molecule has 1 aromatic carbocycles. The number of hydrogen-bond acceptors (Lipinski definition) is 10. The summed E-state index contributed by atoms with van der Waals surface area (Å²) in [4.78, 5) is 56.9. The Hall–Kier alpha value is -5.48. The zero-order valence-electron chi connectivity index (χ0n) is 27.5. The molecule has 2 amide bonds. The van der Waals surface area contributed by atoms with Gasteiger partial charge in [0.2, 0.25) is 11.7 Å². The van der Waals surface area contributed by atoms with Crippen molar-refractivity contribution in [2.24, 2.45) is 0 Å². The summed E-state index contributed by atoms with van der Waals surface area (Å²) >= 11 is 0. The second-order valence-corrected chi connectivity index (χ2v) is 12.1. The highest BCUT2D eigenvalue weighted by atomic mass is 19.4. The van der Waals surface area contributed by atoms with E-state index in [1.54, 1.807) is 16.4 Å². The molecule has 0 bridgehead atoms. The number of carbonyl (C=O) groups is 2. The molecule has 3 aromatic heterocycles. The number of aryl methyl sites for hydroxylation is 1. The van der Waals surface area contributed by atoms with Crippen LogP contribution in [-0.2, 0) is 17.8 Å². The van der Waals surface area contributed by atoms with Gasteiger partial charge in [0, 0.05) is 31.9 Å². The monoisotopic (exact) mass is 695 g/mol. The highest BCUT2D eigenvalue weighted by molar-refractivity contribution is 5.95. The van der Waals surface area contributed by atoms with Gasteiger partial charge in [0.05, 0.1) is 11.4 Å². The third-order valence-electron chi connectivity index (χ3n) is 8.75. The van der Waals surface area contributed by atoms with E-state index in [0.29, 0.717) is 23.6 Å². The van der Waals surface area contributed by atoms with Crippen LogP contribution in [0.15, 0.2) is 41.5 Å². The van der Waals surface area contributed by atoms with Crippen molar-refractivity contribution in [1.82, 2.24) is 34.0 Å². The fraction of sp³-hybridized carbons (Fsp3) is 0.424. The van der Waals surface area contributed by atoms with Crippen LogP contribution in [0.1, 0.15) is 66.7 Å². The van der Waals surface area contributed by atoms with Gasteiger partial charge in [-0.05, 0) is 68.9 Å². The highest BCUT2D eigenvalue weighted by Crippen LogP contribution is 2.28. The van der Waals surface area contributed by atoms with E-state index in [2.05, 4.69) is 31.2 Å². The average Bonchev–Trinajstić information content (AvgIpc) is 3.35. The summed E-state index contributed by atoms with van der Waals surface area (Å²) in [7, 11) is 0. The van der Waals surface area contributed by atoms with E-state index >= 15 is 0 Å². The fourth-order valence-electron chi connectivity index (χ4n) is 6.27. The van der Waals surface area contributed by atoms with Crippen LogP contribution in [0.4, 0.5) is 24.5 Å². The second kappa shape index (κ2) is 14.2. The quantitative estimate of drug-likeness (QED) is 0.275. The molecule has 0 spiro atoms. The number of benzene rings is 1. The minimum absolute atomic E-state index is 0.0968. The molecular formula is C33H36F3N9O5. The number of fused-ring (bicyclic) bond motifs is 1. The Bertz CT molecular complexity index is 2000. The van der Waals surface area contributed by atoms with Gasteiger partial charge in [-0.15, -0.1) is 18.3 Å². The largest absolute Gasteiger partial charge is 0.573 e. The number of piperazine rings is 1. The number of nitrogens with zero attached hydrogens (tertiary/aromatic N) is 8. The molecule has 0 saturated carbocycles. The smallest absolute Gasteiger partial charge is 0.504 e. The Kier molecular flexibility index (Phi) is 9.74. The molecular weight excluding hydrogens is 659 g/mol. The number of aromatic hydroxyl groups is 1. The lowest BCUT2D eigenvalue weighted by molar-refractivity contribution is -0.274. The van der Waals surface area contributed by atoms with E-state index in [4.69, 9.17) is 4.98 Å². The van der Waals surface area contributed by atoms with Crippen molar-refractivity contribution < 1.29 is 32.6 Å². The van der Waals surface area contributed by atoms with Crippen molar-refractivity contribution in [3.63, 3.8) is 0 Å². The first-order valence-electron chi connectivity index (χ1n) is 16.4. The van der Waals surface area contributed by atoms with Gasteiger partial charge in [-0.25, -0.2) is 9.97 Å². The minimum Gasteiger partial charge on any atom is -0.504 e. The number of aromatic nitrogens is 6. The summed E-state index contributed by atoms with van der Waals surface area (Å²) < 4.78 is 44.6. The molecule has 50 heavy (non-hydrogen) atoms. The molecule has 17 heteroatoms. The first-order valence-corrected chi connectivity index (χ1v) is 16.4. The van der Waals surface area contributed by atoms with Crippen LogP contribution >= 0.6 is 0 Å². The molecule has 1 aliphatic carbocycles. The van der Waals surface area contributed by atoms with Gasteiger partial charge < -0.3 is 29.5 Å². The van der Waals surface area contributed by atoms with Gasteiger partial charge in [0.15, 0.2) is 17.3 Å². The summed E-state index contributed by atoms with van der Waals surface area (Å²) in [5.41, 5.74) is 1.80. The van der Waals surface area contributed by atoms with Gasteiger partial charge >= 0.3 is 6.36 Å². The molecule has 1 saturated heterocycles. The van der Waals surface area contributed by atoms with E-state index in [0.717, 1.165) is 49.8 Å². The predicted molar refractivity (Wildman–Crippen MR) is 176 cm³/mol. The number of anilines is 2. The fourth-order valence-corrected chi connectivity index (χ4v) is 6.27. The molecule has 4 heterocycles. The van der Waals surface area contributed by atoms with E-state index in [-0.39, 0.29) is 61.3 Å². The Labute approximate surface area is 284 Å². The number of amides is 2. The molecule has 2 N–H and O–H groups in total. The summed E-state index contributed by atoms with van der Waals surface area (Å²) in [6.07, 6.45) is 3.49. The third-order valence-corrected chi connectivity index (χ3v) is 8.75. The maximum Gasteiger partial charge on any atom is 0.573 e. The van der Waals surface area contributed by atoms with Gasteiger partial charge in [0.25, 0.3) is 11.5 Å². The van der Waals surface area contributed by atoms with Crippen molar-refractivity contribution in [3.05, 3.63) is 69.9 Å². The van der Waals surface area contributed by atoms with Gasteiger partial charge in [0.1, 0.15) is 24.3 Å². The normalized spacial score (nSPS) is 15.5. The predicted octanol–water partition coefficient (Wildman–Crippen LogP) is 4.10. The zero-order valence-corrected chi connectivity index (χ0v) is 27.5. The van der Waals surface area contributed by atoms with Crippen molar-refractivity contribution in [3.8, 4) is 11.5 Å². The summed E-state index contributed by atoms with van der Waals surface area (Å²) in [6.45, 7) is 4.16. The second-order valence-electron chi connectivity index (χ2n) is 12.1. The number of rotatable bonds is 8. The van der Waals surface area contributed by atoms with Crippen LogP contribution < -0.4 is 20.5 Å². The molecule has 264 valence electrons. The minimum atomic E-state index is -4.85. The van der Waals surface area contributed by atoms with Crippen molar-refractivity contribution in [2.75, 3.05) is 36.4 Å².